The molecule has 8 heteroatoms. The number of nitrogens with one attached hydrogen (secondary N) is 2. The van der Waals surface area contributed by atoms with Crippen LogP contribution in [0.3, 0.4) is 0 Å². The summed E-state index contributed by atoms with van der Waals surface area (Å²) in [6.45, 7) is 1.65. The quantitative estimate of drug-likeness (QED) is 0.750. The maximum atomic E-state index is 12.2. The lowest BCUT2D eigenvalue weighted by Crippen LogP contribution is -2.44. The van der Waals surface area contributed by atoms with Crippen molar-refractivity contribution in [2.75, 3.05) is 13.1 Å². The highest BCUT2D eigenvalue weighted by Crippen LogP contribution is 2.16. The molecule has 0 aliphatic carbocycles. The van der Waals surface area contributed by atoms with Crippen LogP contribution in [-0.4, -0.2) is 53.0 Å². The third kappa shape index (κ3) is 4.08. The van der Waals surface area contributed by atoms with Gasteiger partial charge in [-0.3, -0.25) is 19.9 Å². The first-order valence-electron chi connectivity index (χ1n) is 8.02. The van der Waals surface area contributed by atoms with E-state index in [1.165, 1.54) is 0 Å². The summed E-state index contributed by atoms with van der Waals surface area (Å²) in [5, 5.41) is 4.57. The Labute approximate surface area is 139 Å². The summed E-state index contributed by atoms with van der Waals surface area (Å²) in [5.74, 6) is -0.567. The number of pyridine rings is 1. The second kappa shape index (κ2) is 7.39. The minimum Gasteiger partial charge on any atom is -0.372 e. The highest BCUT2D eigenvalue weighted by molar-refractivity contribution is 6.05. The van der Waals surface area contributed by atoms with Gasteiger partial charge in [-0.1, -0.05) is 6.07 Å². The van der Waals surface area contributed by atoms with Crippen LogP contribution < -0.4 is 10.6 Å². The molecule has 0 unspecified atom stereocenters. The van der Waals surface area contributed by atoms with Gasteiger partial charge in [-0.05, 0) is 25.0 Å². The molecule has 0 saturated carbocycles. The fourth-order valence-electron chi connectivity index (χ4n) is 2.86. The maximum absolute atomic E-state index is 12.2. The van der Waals surface area contributed by atoms with Crippen LogP contribution >= 0.6 is 0 Å². The van der Waals surface area contributed by atoms with Gasteiger partial charge in [0.1, 0.15) is 6.04 Å². The first-order chi connectivity index (χ1) is 11.6. The van der Waals surface area contributed by atoms with E-state index in [2.05, 4.69) is 15.6 Å². The molecule has 24 heavy (non-hydrogen) atoms. The van der Waals surface area contributed by atoms with E-state index in [0.717, 1.165) is 18.5 Å². The number of urea groups is 1. The molecule has 0 radical (unpaired) electrons. The maximum Gasteiger partial charge on any atom is 0.322 e. The molecular weight excluding hydrogens is 312 g/mol. The van der Waals surface area contributed by atoms with Crippen LogP contribution in [0.1, 0.15) is 25.0 Å². The van der Waals surface area contributed by atoms with Crippen molar-refractivity contribution >= 4 is 17.8 Å². The summed E-state index contributed by atoms with van der Waals surface area (Å²) >= 11 is 0. The van der Waals surface area contributed by atoms with Gasteiger partial charge in [0.2, 0.25) is 5.91 Å². The summed E-state index contributed by atoms with van der Waals surface area (Å²) in [6.07, 6.45) is 3.34. The van der Waals surface area contributed by atoms with Crippen LogP contribution in [0.25, 0.3) is 0 Å². The minimum atomic E-state index is -0.761. The van der Waals surface area contributed by atoms with E-state index in [9.17, 15) is 14.4 Å². The summed E-state index contributed by atoms with van der Waals surface area (Å²) < 4.78 is 5.84. The molecule has 2 aliphatic rings. The molecule has 2 N–H and O–H groups in total. The molecule has 0 spiro atoms. The van der Waals surface area contributed by atoms with Gasteiger partial charge in [-0.25, -0.2) is 4.79 Å². The van der Waals surface area contributed by atoms with Crippen molar-refractivity contribution in [1.82, 2.24) is 20.5 Å². The average molecular weight is 332 g/mol. The van der Waals surface area contributed by atoms with E-state index in [1.807, 2.05) is 18.2 Å². The van der Waals surface area contributed by atoms with E-state index >= 15 is 0 Å². The van der Waals surface area contributed by atoms with Crippen molar-refractivity contribution in [3.63, 3.8) is 0 Å². The molecule has 1 atom stereocenters. The van der Waals surface area contributed by atoms with Crippen molar-refractivity contribution in [2.24, 2.45) is 0 Å². The lowest BCUT2D eigenvalue weighted by Gasteiger charge is -2.32. The second-order valence-corrected chi connectivity index (χ2v) is 5.93. The zero-order chi connectivity index (χ0) is 16.9. The molecule has 8 nitrogen and oxygen atoms in total. The number of carbonyl (C=O) groups excluding carboxylic acids is 3. The fourth-order valence-corrected chi connectivity index (χ4v) is 2.86. The molecule has 3 rings (SSSR count). The Morgan fingerprint density at radius 3 is 2.71 bits per heavy atom. The first kappa shape index (κ1) is 16.4. The summed E-state index contributed by atoms with van der Waals surface area (Å²) in [4.78, 5) is 40.7. The Bertz CT molecular complexity index is 614. The summed E-state index contributed by atoms with van der Waals surface area (Å²) in [7, 11) is 0. The van der Waals surface area contributed by atoms with Crippen molar-refractivity contribution in [3.05, 3.63) is 30.1 Å². The summed E-state index contributed by atoms with van der Waals surface area (Å²) in [5.41, 5.74) is 0.888. The molecule has 3 heterocycles. The molecule has 0 aromatic carbocycles. The fraction of sp³-hybridized carbons (Fsp3) is 0.500. The van der Waals surface area contributed by atoms with Crippen molar-refractivity contribution in [2.45, 2.75) is 38.0 Å². The van der Waals surface area contributed by atoms with Crippen molar-refractivity contribution < 1.29 is 19.1 Å². The van der Waals surface area contributed by atoms with E-state index in [1.54, 1.807) is 11.1 Å². The molecule has 1 aromatic rings. The van der Waals surface area contributed by atoms with Crippen LogP contribution in [0.2, 0.25) is 0 Å². The van der Waals surface area contributed by atoms with Crippen molar-refractivity contribution in [1.29, 1.82) is 0 Å². The Morgan fingerprint density at radius 2 is 2.08 bits per heavy atom. The number of hydrogen-bond donors (Lipinski definition) is 2. The number of rotatable bonds is 5. The topological polar surface area (TPSA) is 101 Å². The van der Waals surface area contributed by atoms with Gasteiger partial charge >= 0.3 is 6.03 Å². The number of likely N-dealkylation sites (tertiary alicyclic amines) is 1. The molecule has 1 aromatic heterocycles. The zero-order valence-electron chi connectivity index (χ0n) is 13.2. The lowest BCUT2D eigenvalue weighted by atomic mass is 10.1. The second-order valence-electron chi connectivity index (χ2n) is 5.93. The Morgan fingerprint density at radius 1 is 1.29 bits per heavy atom. The number of ether oxygens (including phenoxy) is 1. The molecule has 2 aliphatic heterocycles. The van der Waals surface area contributed by atoms with Crippen LogP contribution in [0.5, 0.6) is 0 Å². The first-order valence-corrected chi connectivity index (χ1v) is 8.02. The van der Waals surface area contributed by atoms with Crippen LogP contribution in [0, 0.1) is 0 Å². The lowest BCUT2D eigenvalue weighted by molar-refractivity contribution is -0.136. The normalized spacial score (nSPS) is 21.5. The van der Waals surface area contributed by atoms with Gasteiger partial charge in [0.15, 0.2) is 0 Å². The van der Waals surface area contributed by atoms with Gasteiger partial charge in [-0.2, -0.15) is 0 Å². The van der Waals surface area contributed by atoms with E-state index in [0.29, 0.717) is 19.7 Å². The molecular formula is C16H20N4O4. The largest absolute Gasteiger partial charge is 0.372 e. The van der Waals surface area contributed by atoms with Gasteiger partial charge in [-0.15, -0.1) is 0 Å². The minimum absolute atomic E-state index is 0.00294. The molecule has 128 valence electrons. The number of piperidine rings is 1. The van der Waals surface area contributed by atoms with Crippen LogP contribution in [-0.2, 0) is 20.9 Å². The van der Waals surface area contributed by atoms with Gasteiger partial charge < -0.3 is 15.0 Å². The SMILES string of the molecule is O=C1NC(=O)[C@@H](CC(=O)N2CCC(OCc3ccccn3)CC2)N1. The molecule has 2 fully saturated rings. The molecule has 4 amide bonds. The number of nitrogens with zero attached hydrogens (tertiary/aromatic N) is 2. The monoisotopic (exact) mass is 332 g/mol. The number of aromatic nitrogens is 1. The highest BCUT2D eigenvalue weighted by Gasteiger charge is 2.33. The Balaban J connectivity index is 1.40. The van der Waals surface area contributed by atoms with E-state index in [4.69, 9.17) is 4.74 Å². The van der Waals surface area contributed by atoms with Gasteiger partial charge in [0.25, 0.3) is 5.91 Å². The van der Waals surface area contributed by atoms with E-state index in [-0.39, 0.29) is 18.4 Å². The van der Waals surface area contributed by atoms with Gasteiger partial charge in [0, 0.05) is 19.3 Å². The third-order valence-electron chi connectivity index (χ3n) is 4.23. The van der Waals surface area contributed by atoms with E-state index < -0.39 is 18.0 Å². The smallest absolute Gasteiger partial charge is 0.322 e. The van der Waals surface area contributed by atoms with Crippen molar-refractivity contribution in [3.8, 4) is 0 Å². The number of imide groups is 1. The molecule has 2 saturated heterocycles. The van der Waals surface area contributed by atoms with Crippen LogP contribution in [0.4, 0.5) is 4.79 Å². The highest BCUT2D eigenvalue weighted by atomic mass is 16.5. The average Bonchev–Trinajstić information content (AvgIpc) is 2.91. The Hall–Kier alpha value is -2.48. The predicted molar refractivity (Wildman–Crippen MR) is 83.7 cm³/mol. The number of hydrogen-bond acceptors (Lipinski definition) is 5. The summed E-state index contributed by atoms with van der Waals surface area (Å²) in [6, 6.07) is 4.40. The van der Waals surface area contributed by atoms with Crippen LogP contribution in [0.15, 0.2) is 24.4 Å². The molecule has 0 bridgehead atoms. The Kier molecular flexibility index (Phi) is 5.05. The zero-order valence-corrected chi connectivity index (χ0v) is 13.2. The number of carbonyl (C=O) groups is 3. The standard InChI is InChI=1S/C16H20N4O4/c21-14(9-13-15(22)19-16(23)18-13)20-7-4-12(5-8-20)24-10-11-3-1-2-6-17-11/h1-3,6,12-13H,4-5,7-10H2,(H2,18,19,22,23)/t13-/m1/s1. The predicted octanol–water partition coefficient (Wildman–Crippen LogP) is 0.187. The van der Waals surface area contributed by atoms with Gasteiger partial charge in [0.05, 0.1) is 24.8 Å². The number of amides is 4. The third-order valence-corrected chi connectivity index (χ3v) is 4.23.